The lowest BCUT2D eigenvalue weighted by Crippen LogP contribution is -2.67. The first-order valence-corrected chi connectivity index (χ1v) is 7.02. The van der Waals surface area contributed by atoms with Crippen LogP contribution >= 0.6 is 23.2 Å². The summed E-state index contributed by atoms with van der Waals surface area (Å²) in [6.45, 7) is 0.173. The number of benzene rings is 2. The van der Waals surface area contributed by atoms with Gasteiger partial charge in [0.2, 0.25) is 6.48 Å². The van der Waals surface area contributed by atoms with Crippen LogP contribution in [0.4, 0.5) is 0 Å². The molecule has 1 heterocycles. The van der Waals surface area contributed by atoms with Crippen molar-refractivity contribution in [1.29, 1.82) is 0 Å². The third kappa shape index (κ3) is 2.39. The second kappa shape index (κ2) is 5.18. The Hall–Kier alpha value is -0.995. The Morgan fingerprint density at radius 1 is 0.842 bits per heavy atom. The van der Waals surface area contributed by atoms with Crippen molar-refractivity contribution in [2.45, 2.75) is 0 Å². The molecule has 0 atom stereocenters. The van der Waals surface area contributed by atoms with Crippen LogP contribution in [0.25, 0.3) is 0 Å². The molecule has 98 valence electrons. The van der Waals surface area contributed by atoms with Crippen LogP contribution in [0.15, 0.2) is 48.5 Å². The summed E-state index contributed by atoms with van der Waals surface area (Å²) in [7, 11) is 0. The number of nitrogens with one attached hydrogen (secondary N) is 1. The van der Waals surface area contributed by atoms with Crippen LogP contribution in [0.3, 0.4) is 0 Å². The van der Waals surface area contributed by atoms with E-state index in [9.17, 15) is 0 Å². The predicted octanol–water partition coefficient (Wildman–Crippen LogP) is 2.17. The van der Waals surface area contributed by atoms with Crippen molar-refractivity contribution in [3.8, 4) is 0 Å². The van der Waals surface area contributed by atoms with Gasteiger partial charge in [-0.1, -0.05) is 47.5 Å². The SMILES string of the molecule is Clc1ccc([B-]2(c3ccc(Cl)cc3)NCCO2)cc1. The smallest absolute Gasteiger partial charge is 0.239 e. The van der Waals surface area contributed by atoms with E-state index in [1.807, 2.05) is 48.5 Å². The van der Waals surface area contributed by atoms with Gasteiger partial charge in [-0.25, -0.2) is 0 Å². The molecule has 5 heteroatoms. The molecule has 1 aliphatic rings. The Morgan fingerprint density at radius 3 is 1.68 bits per heavy atom. The third-order valence-corrected chi connectivity index (χ3v) is 4.08. The van der Waals surface area contributed by atoms with Gasteiger partial charge in [0.15, 0.2) is 0 Å². The first-order valence-electron chi connectivity index (χ1n) is 6.26. The molecule has 0 amide bonds. The quantitative estimate of drug-likeness (QED) is 0.857. The van der Waals surface area contributed by atoms with Gasteiger partial charge in [0.25, 0.3) is 0 Å². The topological polar surface area (TPSA) is 21.3 Å². The van der Waals surface area contributed by atoms with Crippen molar-refractivity contribution < 1.29 is 4.65 Å². The molecule has 1 saturated heterocycles. The molecule has 2 aromatic carbocycles. The van der Waals surface area contributed by atoms with Gasteiger partial charge < -0.3 is 9.88 Å². The second-order valence-electron chi connectivity index (χ2n) is 4.71. The monoisotopic (exact) mass is 292 g/mol. The summed E-state index contributed by atoms with van der Waals surface area (Å²) in [6.07, 6.45) is 0. The van der Waals surface area contributed by atoms with Crippen molar-refractivity contribution in [2.24, 2.45) is 0 Å². The number of halogens is 2. The highest BCUT2D eigenvalue weighted by molar-refractivity contribution is 6.96. The minimum Gasteiger partial charge on any atom is -0.570 e. The normalized spacial score (nSPS) is 17.6. The van der Waals surface area contributed by atoms with Crippen LogP contribution in [-0.4, -0.2) is 19.6 Å². The molecular weight excluding hydrogens is 280 g/mol. The van der Waals surface area contributed by atoms with Crippen molar-refractivity contribution in [3.05, 3.63) is 58.6 Å². The van der Waals surface area contributed by atoms with Crippen molar-refractivity contribution >= 4 is 40.6 Å². The van der Waals surface area contributed by atoms with Gasteiger partial charge in [-0.2, -0.15) is 10.9 Å². The highest BCUT2D eigenvalue weighted by atomic mass is 35.5. The van der Waals surface area contributed by atoms with E-state index in [0.717, 1.165) is 27.5 Å². The standard InChI is InChI=1S/C14H13BCl2NO/c16-13-5-1-11(2-6-13)15(18-9-10-19-15)12-3-7-14(17)8-4-12/h1-8,18H,9-10H2/q-1. The Kier molecular flexibility index (Phi) is 3.55. The molecule has 1 fully saturated rings. The zero-order valence-corrected chi connectivity index (χ0v) is 11.8. The Bertz CT molecular complexity index is 518. The molecule has 0 unspecified atom stereocenters. The van der Waals surface area contributed by atoms with Gasteiger partial charge >= 0.3 is 0 Å². The number of hydrogen-bond acceptors (Lipinski definition) is 2. The molecule has 0 aromatic heterocycles. The Labute approximate surface area is 122 Å². The highest BCUT2D eigenvalue weighted by Crippen LogP contribution is 2.13. The molecule has 0 radical (unpaired) electrons. The molecule has 2 aromatic rings. The van der Waals surface area contributed by atoms with E-state index < -0.39 is 6.48 Å². The first-order chi connectivity index (χ1) is 9.21. The fraction of sp³-hybridized carbons (Fsp3) is 0.143. The van der Waals surface area contributed by atoms with Crippen molar-refractivity contribution in [1.82, 2.24) is 5.23 Å². The lowest BCUT2D eigenvalue weighted by molar-refractivity contribution is 0.367. The first kappa shape index (κ1) is 13.0. The fourth-order valence-electron chi connectivity index (χ4n) is 2.65. The third-order valence-electron chi connectivity index (χ3n) is 3.58. The van der Waals surface area contributed by atoms with Crippen LogP contribution in [0.5, 0.6) is 0 Å². The molecule has 2 nitrogen and oxygen atoms in total. The zero-order valence-electron chi connectivity index (χ0n) is 10.3. The lowest BCUT2D eigenvalue weighted by Gasteiger charge is -2.37. The van der Waals surface area contributed by atoms with E-state index in [0.29, 0.717) is 6.61 Å². The number of hydrogen-bond donors (Lipinski definition) is 1. The van der Waals surface area contributed by atoms with E-state index in [1.54, 1.807) is 0 Å². The second-order valence-corrected chi connectivity index (χ2v) is 5.59. The summed E-state index contributed by atoms with van der Waals surface area (Å²) in [5, 5.41) is 4.95. The minimum absolute atomic E-state index is 0.700. The van der Waals surface area contributed by atoms with Crippen LogP contribution in [0.1, 0.15) is 0 Å². The molecular formula is C14H13BCl2NO-. The lowest BCUT2D eigenvalue weighted by atomic mass is 9.42. The summed E-state index contributed by atoms with van der Waals surface area (Å²) >= 11 is 11.9. The van der Waals surface area contributed by atoms with E-state index in [2.05, 4.69) is 5.23 Å². The van der Waals surface area contributed by atoms with Gasteiger partial charge in [0, 0.05) is 16.7 Å². The highest BCUT2D eigenvalue weighted by Gasteiger charge is 2.32. The molecule has 0 saturated carbocycles. The predicted molar refractivity (Wildman–Crippen MR) is 81.9 cm³/mol. The van der Waals surface area contributed by atoms with Crippen LogP contribution in [0, 0.1) is 0 Å². The number of rotatable bonds is 2. The van der Waals surface area contributed by atoms with Gasteiger partial charge in [0.05, 0.1) is 0 Å². The van der Waals surface area contributed by atoms with E-state index in [4.69, 9.17) is 27.9 Å². The van der Waals surface area contributed by atoms with Crippen LogP contribution < -0.4 is 16.2 Å². The van der Waals surface area contributed by atoms with Crippen molar-refractivity contribution in [2.75, 3.05) is 13.2 Å². The Balaban J connectivity index is 2.08. The average molecular weight is 293 g/mol. The van der Waals surface area contributed by atoms with Crippen LogP contribution in [-0.2, 0) is 4.65 Å². The largest absolute Gasteiger partial charge is 0.570 e. The average Bonchev–Trinajstić information content (AvgIpc) is 2.91. The Morgan fingerprint density at radius 2 is 1.32 bits per heavy atom. The van der Waals surface area contributed by atoms with Gasteiger partial charge in [-0.3, -0.25) is 0 Å². The van der Waals surface area contributed by atoms with E-state index >= 15 is 0 Å². The van der Waals surface area contributed by atoms with Gasteiger partial charge in [0.1, 0.15) is 0 Å². The molecule has 3 rings (SSSR count). The molecule has 1 aliphatic heterocycles. The fourth-order valence-corrected chi connectivity index (χ4v) is 2.90. The molecule has 0 spiro atoms. The van der Waals surface area contributed by atoms with Gasteiger partial charge in [-0.15, -0.1) is 0 Å². The molecule has 19 heavy (non-hydrogen) atoms. The summed E-state index contributed by atoms with van der Waals surface area (Å²) < 4.78 is 6.06. The van der Waals surface area contributed by atoms with Gasteiger partial charge in [-0.05, 0) is 30.8 Å². The van der Waals surface area contributed by atoms with E-state index in [1.165, 1.54) is 0 Å². The zero-order chi connectivity index (χ0) is 13.3. The summed E-state index contributed by atoms with van der Waals surface area (Å²) in [4.78, 5) is 0. The minimum atomic E-state index is -1.37. The maximum absolute atomic E-state index is 6.06. The summed E-state index contributed by atoms with van der Waals surface area (Å²) in [5.41, 5.74) is 2.20. The maximum atomic E-state index is 6.06. The van der Waals surface area contributed by atoms with Crippen LogP contribution in [0.2, 0.25) is 10.0 Å². The van der Waals surface area contributed by atoms with Crippen molar-refractivity contribution in [3.63, 3.8) is 0 Å². The molecule has 0 aliphatic carbocycles. The molecule has 1 N–H and O–H groups in total. The molecule has 0 bridgehead atoms. The maximum Gasteiger partial charge on any atom is 0.239 e. The summed E-state index contributed by atoms with van der Waals surface area (Å²) in [5.74, 6) is 0. The van der Waals surface area contributed by atoms with E-state index in [-0.39, 0.29) is 0 Å². The summed E-state index contributed by atoms with van der Waals surface area (Å²) in [6, 6.07) is 15.6.